The number of nitrogens with zero attached hydrogens (tertiary/aromatic N) is 2. The van der Waals surface area contributed by atoms with E-state index in [0.717, 1.165) is 15.9 Å². The van der Waals surface area contributed by atoms with Gasteiger partial charge < -0.3 is 15.1 Å². The second kappa shape index (κ2) is 7.88. The quantitative estimate of drug-likeness (QED) is 0.465. The fourth-order valence-corrected chi connectivity index (χ4v) is 3.52. The minimum atomic E-state index is -1.27. The molecule has 1 unspecified atom stereocenters. The van der Waals surface area contributed by atoms with Crippen molar-refractivity contribution in [1.29, 1.82) is 0 Å². The summed E-state index contributed by atoms with van der Waals surface area (Å²) in [6.45, 7) is 0. The van der Waals surface area contributed by atoms with Crippen LogP contribution in [0.2, 0.25) is 0 Å². The van der Waals surface area contributed by atoms with Gasteiger partial charge in [0, 0.05) is 11.1 Å². The van der Waals surface area contributed by atoms with Gasteiger partial charge in [-0.2, -0.15) is 0 Å². The molecular formula is C23H17N5O4. The predicted molar refractivity (Wildman–Crippen MR) is 119 cm³/mol. The molecule has 9 nitrogen and oxygen atoms in total. The van der Waals surface area contributed by atoms with Crippen molar-refractivity contribution in [3.8, 4) is 0 Å². The molecule has 32 heavy (non-hydrogen) atoms. The van der Waals surface area contributed by atoms with Gasteiger partial charge in [0.2, 0.25) is 6.17 Å². The van der Waals surface area contributed by atoms with E-state index in [2.05, 4.69) is 20.6 Å². The van der Waals surface area contributed by atoms with Crippen LogP contribution in [0, 0.1) is 0 Å². The van der Waals surface area contributed by atoms with Crippen molar-refractivity contribution < 1.29 is 14.4 Å². The van der Waals surface area contributed by atoms with Crippen LogP contribution in [0.25, 0.3) is 11.0 Å². The molecule has 4 aromatic rings. The average Bonchev–Trinajstić information content (AvgIpc) is 3.04. The van der Waals surface area contributed by atoms with E-state index in [-0.39, 0.29) is 0 Å². The molecule has 1 aromatic heterocycles. The van der Waals surface area contributed by atoms with E-state index >= 15 is 0 Å². The van der Waals surface area contributed by atoms with E-state index in [1.807, 2.05) is 42.5 Å². The van der Waals surface area contributed by atoms with Crippen LogP contribution in [0.1, 0.15) is 11.1 Å². The van der Waals surface area contributed by atoms with Gasteiger partial charge in [-0.3, -0.25) is 10.1 Å². The highest BCUT2D eigenvalue weighted by Crippen LogP contribution is 2.23. The Bertz CT molecular complexity index is 1420. The number of imidazole rings is 1. The number of aliphatic imine (C=N–C) groups is 1. The zero-order valence-corrected chi connectivity index (χ0v) is 16.6. The number of anilines is 1. The van der Waals surface area contributed by atoms with Gasteiger partial charge in [-0.1, -0.05) is 60.7 Å². The Morgan fingerprint density at radius 1 is 0.938 bits per heavy atom. The summed E-state index contributed by atoms with van der Waals surface area (Å²) in [4.78, 5) is 49.9. The van der Waals surface area contributed by atoms with Crippen LogP contribution in [-0.4, -0.2) is 33.6 Å². The Morgan fingerprint density at radius 2 is 1.66 bits per heavy atom. The molecule has 0 saturated heterocycles. The van der Waals surface area contributed by atoms with Gasteiger partial charge >= 0.3 is 11.8 Å². The first-order chi connectivity index (χ1) is 15.6. The largest absolute Gasteiger partial charge is 0.434 e. The Hall–Kier alpha value is -4.66. The number of carbonyl (C=O) groups is 2. The van der Waals surface area contributed by atoms with Gasteiger partial charge in [0.05, 0.1) is 16.9 Å². The molecule has 0 bridgehead atoms. The lowest BCUT2D eigenvalue weighted by atomic mass is 10.0. The minimum absolute atomic E-state index is 0.388. The molecule has 9 heteroatoms. The van der Waals surface area contributed by atoms with Crippen molar-refractivity contribution in [2.75, 3.05) is 5.32 Å². The van der Waals surface area contributed by atoms with Crippen molar-refractivity contribution in [2.24, 2.45) is 4.99 Å². The summed E-state index contributed by atoms with van der Waals surface area (Å²) in [7, 11) is 0. The smallest absolute Gasteiger partial charge is 0.322 e. The Labute approximate surface area is 181 Å². The third-order valence-corrected chi connectivity index (χ3v) is 4.97. The number of aromatic nitrogens is 2. The summed E-state index contributed by atoms with van der Waals surface area (Å²) in [6, 6.07) is 23.3. The van der Waals surface area contributed by atoms with Gasteiger partial charge in [0.15, 0.2) is 0 Å². The van der Waals surface area contributed by atoms with Crippen LogP contribution in [0.15, 0.2) is 88.6 Å². The number of hydrogen-bond donors (Lipinski definition) is 3. The van der Waals surface area contributed by atoms with E-state index in [4.69, 9.17) is 4.84 Å². The topological polar surface area (TPSA) is 118 Å². The van der Waals surface area contributed by atoms with E-state index < -0.39 is 23.9 Å². The number of rotatable bonds is 3. The monoisotopic (exact) mass is 427 g/mol. The van der Waals surface area contributed by atoms with Gasteiger partial charge in [-0.15, -0.1) is 4.73 Å². The third-order valence-electron chi connectivity index (χ3n) is 4.97. The van der Waals surface area contributed by atoms with Crippen LogP contribution >= 0.6 is 0 Å². The highest BCUT2D eigenvalue weighted by atomic mass is 16.7. The molecule has 0 spiro atoms. The first kappa shape index (κ1) is 19.3. The maximum absolute atomic E-state index is 12.8. The molecular weight excluding hydrogens is 410 g/mol. The lowest BCUT2D eigenvalue weighted by Gasteiger charge is -2.13. The maximum atomic E-state index is 12.8. The fourth-order valence-electron chi connectivity index (χ4n) is 3.52. The number of carbonyl (C=O) groups excluding carboxylic acids is 2. The molecule has 3 N–H and O–H groups in total. The van der Waals surface area contributed by atoms with Crippen molar-refractivity contribution in [1.82, 2.24) is 15.0 Å². The molecule has 0 radical (unpaired) electrons. The minimum Gasteiger partial charge on any atom is -0.322 e. The fraction of sp³-hybridized carbons (Fsp3) is 0.0435. The Balaban J connectivity index is 1.47. The highest BCUT2D eigenvalue weighted by Gasteiger charge is 2.28. The molecule has 2 heterocycles. The number of amides is 2. The first-order valence-electron chi connectivity index (χ1n) is 9.82. The summed E-state index contributed by atoms with van der Waals surface area (Å²) in [5.41, 5.74) is 2.89. The summed E-state index contributed by atoms with van der Waals surface area (Å²) in [5.74, 6) is -0.536. The second-order valence-electron chi connectivity index (χ2n) is 7.05. The molecule has 1 aliphatic rings. The molecule has 1 aliphatic heterocycles. The Kier molecular flexibility index (Phi) is 4.75. The summed E-state index contributed by atoms with van der Waals surface area (Å²) in [6.07, 6.45) is -2.27. The summed E-state index contributed by atoms with van der Waals surface area (Å²) < 4.78 is 0.829. The number of benzene rings is 3. The SMILES string of the molecule is O=C(NC1N=C(c2ccccc2)c2ccccc2NC1=O)On1c(=O)[nH]c2ccccc21. The van der Waals surface area contributed by atoms with E-state index in [1.54, 1.807) is 36.4 Å². The first-order valence-corrected chi connectivity index (χ1v) is 9.82. The molecule has 3 aromatic carbocycles. The Morgan fingerprint density at radius 3 is 2.50 bits per heavy atom. The standard InChI is InChI=1S/C23H17N5O4/c29-21-20(27-23(31)32-28-18-13-7-6-12-17(18)25-22(28)30)26-19(14-8-2-1-3-9-14)15-10-4-5-11-16(15)24-21/h1-13,20H,(H,24,29)(H,25,30)(H,27,31). The molecule has 1 atom stereocenters. The van der Waals surface area contributed by atoms with Crippen molar-refractivity contribution >= 4 is 34.4 Å². The number of para-hydroxylation sites is 3. The third kappa shape index (κ3) is 3.52. The van der Waals surface area contributed by atoms with E-state index in [1.165, 1.54) is 0 Å². The second-order valence-corrected chi connectivity index (χ2v) is 7.05. The van der Waals surface area contributed by atoms with Gasteiger partial charge in [-0.25, -0.2) is 14.6 Å². The number of fused-ring (bicyclic) bond motifs is 2. The molecule has 2 amide bonds. The maximum Gasteiger partial charge on any atom is 0.434 e. The van der Waals surface area contributed by atoms with Gasteiger partial charge in [0.1, 0.15) is 5.52 Å². The molecule has 0 aliphatic carbocycles. The van der Waals surface area contributed by atoms with Gasteiger partial charge in [0.25, 0.3) is 5.91 Å². The van der Waals surface area contributed by atoms with Crippen molar-refractivity contribution in [2.45, 2.75) is 6.17 Å². The lowest BCUT2D eigenvalue weighted by molar-refractivity contribution is -0.117. The van der Waals surface area contributed by atoms with E-state index in [9.17, 15) is 14.4 Å². The van der Waals surface area contributed by atoms with Crippen LogP contribution < -0.4 is 21.2 Å². The lowest BCUT2D eigenvalue weighted by Crippen LogP contribution is -2.46. The van der Waals surface area contributed by atoms with Crippen molar-refractivity contribution in [3.63, 3.8) is 0 Å². The van der Waals surface area contributed by atoms with Crippen LogP contribution in [0.3, 0.4) is 0 Å². The van der Waals surface area contributed by atoms with Crippen molar-refractivity contribution in [3.05, 3.63) is 100 Å². The number of nitrogens with one attached hydrogen (secondary N) is 3. The number of hydrogen-bond acceptors (Lipinski definition) is 5. The van der Waals surface area contributed by atoms with Crippen LogP contribution in [0.5, 0.6) is 0 Å². The number of benzodiazepines with no additional fused rings is 1. The number of H-pyrrole nitrogens is 1. The van der Waals surface area contributed by atoms with E-state index in [0.29, 0.717) is 22.4 Å². The predicted octanol–water partition coefficient (Wildman–Crippen LogP) is 2.28. The highest BCUT2D eigenvalue weighted by molar-refractivity contribution is 6.19. The zero-order valence-electron chi connectivity index (χ0n) is 16.6. The molecule has 0 fully saturated rings. The van der Waals surface area contributed by atoms with Crippen LogP contribution in [-0.2, 0) is 4.79 Å². The summed E-state index contributed by atoms with van der Waals surface area (Å²) in [5, 5.41) is 5.22. The molecule has 158 valence electrons. The van der Waals surface area contributed by atoms with Gasteiger partial charge in [-0.05, 0) is 18.2 Å². The summed E-state index contributed by atoms with van der Waals surface area (Å²) >= 11 is 0. The normalized spacial score (nSPS) is 15.3. The average molecular weight is 427 g/mol. The molecule has 5 rings (SSSR count). The zero-order chi connectivity index (χ0) is 22.1. The molecule has 0 saturated carbocycles. The number of aromatic amines is 1. The van der Waals surface area contributed by atoms with Crippen LogP contribution in [0.4, 0.5) is 10.5 Å².